The van der Waals surface area contributed by atoms with Gasteiger partial charge in [0.2, 0.25) is 0 Å². The molecule has 7 heteroatoms. The van der Waals surface area contributed by atoms with E-state index >= 15 is 0 Å². The summed E-state index contributed by atoms with van der Waals surface area (Å²) in [5.41, 5.74) is 0.240. The molecule has 6 nitrogen and oxygen atoms in total. The summed E-state index contributed by atoms with van der Waals surface area (Å²) in [7, 11) is 0. The lowest BCUT2D eigenvalue weighted by atomic mass is 10.1. The Morgan fingerprint density at radius 3 is 2.58 bits per heavy atom. The third-order valence-corrected chi connectivity index (χ3v) is 4.56. The second kappa shape index (κ2) is 6.92. The van der Waals surface area contributed by atoms with Gasteiger partial charge in [-0.1, -0.05) is 11.8 Å². The van der Waals surface area contributed by atoms with Crippen LogP contribution in [-0.2, 0) is 0 Å². The molecule has 0 aromatic heterocycles. The highest BCUT2D eigenvalue weighted by atomic mass is 32.2. The van der Waals surface area contributed by atoms with Crippen molar-refractivity contribution in [2.75, 3.05) is 13.2 Å². The van der Waals surface area contributed by atoms with E-state index in [0.717, 1.165) is 11.3 Å². The molecule has 0 unspecified atom stereocenters. The van der Waals surface area contributed by atoms with Crippen molar-refractivity contribution in [2.45, 2.75) is 23.1 Å². The first-order chi connectivity index (χ1) is 11.5. The smallest absolute Gasteiger partial charge is 0.283 e. The van der Waals surface area contributed by atoms with Crippen LogP contribution in [0.25, 0.3) is 0 Å². The normalized spacial score (nSPS) is 13.2. The lowest BCUT2D eigenvalue weighted by molar-refractivity contribution is -0.387. The first-order valence-corrected chi connectivity index (χ1v) is 8.23. The molecule has 0 atom stereocenters. The molecule has 0 radical (unpaired) electrons. The van der Waals surface area contributed by atoms with E-state index in [-0.39, 0.29) is 11.5 Å². The average molecular weight is 345 g/mol. The van der Waals surface area contributed by atoms with Crippen LogP contribution in [0.3, 0.4) is 0 Å². The molecule has 1 aliphatic rings. The number of ether oxygens (including phenoxy) is 2. The third-order valence-electron chi connectivity index (χ3n) is 3.51. The van der Waals surface area contributed by atoms with E-state index < -0.39 is 4.92 Å². The number of fused-ring (bicyclic) bond motifs is 1. The molecular formula is C17H15NO5S. The van der Waals surface area contributed by atoms with Crippen molar-refractivity contribution in [1.82, 2.24) is 0 Å². The summed E-state index contributed by atoms with van der Waals surface area (Å²) >= 11 is 1.25. The molecule has 2 aromatic rings. The largest absolute Gasteiger partial charge is 0.490 e. The molecule has 124 valence electrons. The number of carbonyl (C=O) groups is 1. The van der Waals surface area contributed by atoms with E-state index in [1.807, 2.05) is 12.1 Å². The van der Waals surface area contributed by atoms with Crippen molar-refractivity contribution in [1.29, 1.82) is 0 Å². The minimum Gasteiger partial charge on any atom is -0.490 e. The van der Waals surface area contributed by atoms with Gasteiger partial charge in [-0.25, -0.2) is 0 Å². The van der Waals surface area contributed by atoms with Crippen molar-refractivity contribution in [3.05, 3.63) is 52.1 Å². The molecule has 1 heterocycles. The highest BCUT2D eigenvalue weighted by Gasteiger charge is 2.18. The van der Waals surface area contributed by atoms with Crippen molar-refractivity contribution in [2.24, 2.45) is 0 Å². The highest BCUT2D eigenvalue weighted by Crippen LogP contribution is 2.39. The SMILES string of the molecule is CC(=O)c1ccc(Sc2ccc3c(c2)OCCCO3)c([N+](=O)[O-])c1. The molecule has 3 rings (SSSR count). The number of hydrogen-bond acceptors (Lipinski definition) is 6. The Labute approximate surface area is 142 Å². The lowest BCUT2D eigenvalue weighted by Gasteiger charge is -2.09. The average Bonchev–Trinajstić information content (AvgIpc) is 2.79. The molecule has 0 aliphatic carbocycles. The quantitative estimate of drug-likeness (QED) is 0.471. The molecule has 0 bridgehead atoms. The van der Waals surface area contributed by atoms with Crippen molar-refractivity contribution in [3.8, 4) is 11.5 Å². The molecule has 0 amide bonds. The molecule has 2 aromatic carbocycles. The van der Waals surface area contributed by atoms with Crippen LogP contribution in [0.1, 0.15) is 23.7 Å². The van der Waals surface area contributed by atoms with Gasteiger partial charge in [0.15, 0.2) is 17.3 Å². The number of carbonyl (C=O) groups excluding carboxylic acids is 1. The van der Waals surface area contributed by atoms with Crippen LogP contribution in [0.15, 0.2) is 46.2 Å². The molecule has 0 spiro atoms. The number of benzene rings is 2. The number of ketones is 1. The van der Waals surface area contributed by atoms with Gasteiger partial charge >= 0.3 is 0 Å². The van der Waals surface area contributed by atoms with Crippen LogP contribution in [0.4, 0.5) is 5.69 Å². The third kappa shape index (κ3) is 3.51. The fraction of sp³-hybridized carbons (Fsp3) is 0.235. The summed E-state index contributed by atoms with van der Waals surface area (Å²) in [5.74, 6) is 1.11. The van der Waals surface area contributed by atoms with E-state index in [2.05, 4.69) is 0 Å². The maximum Gasteiger partial charge on any atom is 0.283 e. The minimum atomic E-state index is -0.474. The zero-order valence-corrected chi connectivity index (χ0v) is 13.8. The second-order valence-corrected chi connectivity index (χ2v) is 6.37. The number of nitrogens with zero attached hydrogens (tertiary/aromatic N) is 1. The summed E-state index contributed by atoms with van der Waals surface area (Å²) < 4.78 is 11.2. The van der Waals surface area contributed by atoms with Gasteiger partial charge in [-0.15, -0.1) is 0 Å². The Balaban J connectivity index is 1.92. The Hall–Kier alpha value is -2.54. The Morgan fingerprint density at radius 2 is 1.88 bits per heavy atom. The van der Waals surface area contributed by atoms with Gasteiger partial charge < -0.3 is 9.47 Å². The lowest BCUT2D eigenvalue weighted by Crippen LogP contribution is -1.97. The van der Waals surface area contributed by atoms with E-state index in [0.29, 0.717) is 35.2 Å². The number of rotatable bonds is 4. The zero-order chi connectivity index (χ0) is 17.1. The highest BCUT2D eigenvalue weighted by molar-refractivity contribution is 7.99. The van der Waals surface area contributed by atoms with E-state index in [1.54, 1.807) is 18.2 Å². The van der Waals surface area contributed by atoms with E-state index in [9.17, 15) is 14.9 Å². The predicted molar refractivity (Wildman–Crippen MR) is 89.3 cm³/mol. The Morgan fingerprint density at radius 1 is 1.12 bits per heavy atom. The van der Waals surface area contributed by atoms with Crippen molar-refractivity contribution >= 4 is 23.2 Å². The topological polar surface area (TPSA) is 78.7 Å². The summed E-state index contributed by atoms with van der Waals surface area (Å²) in [6.45, 7) is 2.57. The van der Waals surface area contributed by atoms with Gasteiger partial charge in [0.05, 0.1) is 23.0 Å². The Bertz CT molecular complexity index is 806. The number of nitro benzene ring substituents is 1. The van der Waals surface area contributed by atoms with Crippen LogP contribution in [0.2, 0.25) is 0 Å². The van der Waals surface area contributed by atoms with Gasteiger partial charge in [-0.3, -0.25) is 14.9 Å². The summed E-state index contributed by atoms with van der Waals surface area (Å²) in [5, 5.41) is 11.3. The molecular weight excluding hydrogens is 330 g/mol. The molecule has 1 aliphatic heterocycles. The monoisotopic (exact) mass is 345 g/mol. The van der Waals surface area contributed by atoms with Gasteiger partial charge in [0.25, 0.3) is 5.69 Å². The maximum absolute atomic E-state index is 11.4. The van der Waals surface area contributed by atoms with Gasteiger partial charge in [-0.05, 0) is 37.3 Å². The maximum atomic E-state index is 11.4. The van der Waals surface area contributed by atoms with Crippen LogP contribution in [-0.4, -0.2) is 23.9 Å². The minimum absolute atomic E-state index is 0.0835. The molecule has 0 N–H and O–H groups in total. The first kappa shape index (κ1) is 16.3. The standard InChI is InChI=1S/C17H15NO5S/c1-11(19)12-3-6-17(14(9-12)18(20)21)24-13-4-5-15-16(10-13)23-8-2-7-22-15/h3-6,9-10H,2,7-8H2,1H3. The fourth-order valence-corrected chi connectivity index (χ4v) is 3.23. The molecule has 24 heavy (non-hydrogen) atoms. The van der Waals surface area contributed by atoms with Crippen LogP contribution < -0.4 is 9.47 Å². The second-order valence-electron chi connectivity index (χ2n) is 5.26. The van der Waals surface area contributed by atoms with Crippen LogP contribution in [0, 0.1) is 10.1 Å². The first-order valence-electron chi connectivity index (χ1n) is 7.41. The number of hydrogen-bond donors (Lipinski definition) is 0. The summed E-state index contributed by atoms with van der Waals surface area (Å²) in [6, 6.07) is 9.96. The van der Waals surface area contributed by atoms with E-state index in [1.165, 1.54) is 24.8 Å². The molecule has 0 fully saturated rings. The summed E-state index contributed by atoms with van der Waals surface area (Å²) in [6.07, 6.45) is 0.815. The van der Waals surface area contributed by atoms with Crippen LogP contribution in [0.5, 0.6) is 11.5 Å². The number of Topliss-reactive ketones (excluding diaryl/α,β-unsaturated/α-hetero) is 1. The summed E-state index contributed by atoms with van der Waals surface area (Å²) in [4.78, 5) is 23.5. The van der Waals surface area contributed by atoms with Gasteiger partial charge in [0.1, 0.15) is 0 Å². The van der Waals surface area contributed by atoms with Crippen molar-refractivity contribution in [3.63, 3.8) is 0 Å². The zero-order valence-electron chi connectivity index (χ0n) is 13.0. The van der Waals surface area contributed by atoms with Gasteiger partial charge in [-0.2, -0.15) is 0 Å². The fourth-order valence-electron chi connectivity index (χ4n) is 2.30. The van der Waals surface area contributed by atoms with Gasteiger partial charge in [0, 0.05) is 22.9 Å². The van der Waals surface area contributed by atoms with Crippen molar-refractivity contribution < 1.29 is 19.2 Å². The number of nitro groups is 1. The molecule has 0 saturated heterocycles. The van der Waals surface area contributed by atoms with E-state index in [4.69, 9.17) is 9.47 Å². The molecule has 0 saturated carbocycles. The predicted octanol–water partition coefficient (Wildman–Crippen LogP) is 4.11. The Kier molecular flexibility index (Phi) is 4.71. The van der Waals surface area contributed by atoms with Crippen LogP contribution >= 0.6 is 11.8 Å².